The van der Waals surface area contributed by atoms with Gasteiger partial charge in [0, 0.05) is 18.0 Å². The molecule has 0 bridgehead atoms. The number of benzene rings is 1. The van der Waals surface area contributed by atoms with Crippen molar-refractivity contribution in [2.24, 2.45) is 5.73 Å². The number of nitrogens with one attached hydrogen (secondary N) is 2. The third-order valence-corrected chi connectivity index (χ3v) is 6.08. The quantitative estimate of drug-likeness (QED) is 0.407. The summed E-state index contributed by atoms with van der Waals surface area (Å²) in [5.74, 6) is -1.43. The fourth-order valence-corrected chi connectivity index (χ4v) is 4.00. The van der Waals surface area contributed by atoms with E-state index in [1.54, 1.807) is 20.8 Å². The number of hydrogen-bond donors (Lipinski definition) is 3. The Morgan fingerprint density at radius 1 is 1.03 bits per heavy atom. The number of nitrogens with zero attached hydrogens (tertiary/aromatic N) is 1. The second kappa shape index (κ2) is 12.9. The average Bonchev–Trinajstić information content (AvgIpc) is 2.73. The van der Waals surface area contributed by atoms with Crippen LogP contribution in [0, 0.1) is 13.8 Å². The van der Waals surface area contributed by atoms with Gasteiger partial charge in [0.25, 0.3) is 0 Å². The van der Waals surface area contributed by atoms with E-state index in [0.717, 1.165) is 11.1 Å². The van der Waals surface area contributed by atoms with Crippen molar-refractivity contribution in [2.75, 3.05) is 0 Å². The van der Waals surface area contributed by atoms with Crippen molar-refractivity contribution in [3.8, 4) is 0 Å². The topological polar surface area (TPSA) is 131 Å². The van der Waals surface area contributed by atoms with Crippen molar-refractivity contribution in [1.29, 1.82) is 0 Å². The van der Waals surface area contributed by atoms with E-state index in [1.165, 1.54) is 4.90 Å². The zero-order valence-corrected chi connectivity index (χ0v) is 24.2. The predicted octanol–water partition coefficient (Wildman–Crippen LogP) is 4.05. The molecular formula is C28H46N4O5. The number of aryl methyl sites for hydroxylation is 2. The highest BCUT2D eigenvalue weighted by atomic mass is 16.6. The Morgan fingerprint density at radius 2 is 1.62 bits per heavy atom. The number of carbonyl (C=O) groups excluding carboxylic acids is 4. The molecule has 2 atom stereocenters. The molecule has 9 heteroatoms. The van der Waals surface area contributed by atoms with Crippen LogP contribution in [0.25, 0.3) is 0 Å². The molecule has 4 amide bonds. The molecule has 0 aliphatic carbocycles. The number of primary amides is 1. The molecule has 0 aliphatic rings. The summed E-state index contributed by atoms with van der Waals surface area (Å²) in [6, 6.07) is 3.48. The summed E-state index contributed by atoms with van der Waals surface area (Å²) < 4.78 is 5.38. The van der Waals surface area contributed by atoms with Gasteiger partial charge in [0.2, 0.25) is 17.7 Å². The monoisotopic (exact) mass is 518 g/mol. The minimum absolute atomic E-state index is 0.0326. The van der Waals surface area contributed by atoms with Crippen LogP contribution in [0.3, 0.4) is 0 Å². The predicted molar refractivity (Wildman–Crippen MR) is 145 cm³/mol. The molecule has 0 aromatic heterocycles. The first-order valence-corrected chi connectivity index (χ1v) is 12.9. The largest absolute Gasteiger partial charge is 0.444 e. The van der Waals surface area contributed by atoms with Crippen LogP contribution in [0.2, 0.25) is 0 Å². The molecule has 1 aromatic carbocycles. The summed E-state index contributed by atoms with van der Waals surface area (Å²) in [6.45, 7) is 18.4. The van der Waals surface area contributed by atoms with Crippen molar-refractivity contribution in [2.45, 2.75) is 118 Å². The molecule has 208 valence electrons. The molecule has 1 rings (SSSR count). The van der Waals surface area contributed by atoms with E-state index < -0.39 is 41.1 Å². The summed E-state index contributed by atoms with van der Waals surface area (Å²) in [4.78, 5) is 53.8. The van der Waals surface area contributed by atoms with E-state index in [1.807, 2.05) is 66.7 Å². The second-order valence-electron chi connectivity index (χ2n) is 11.5. The molecule has 0 aliphatic heterocycles. The number of carbonyl (C=O) groups is 4. The van der Waals surface area contributed by atoms with Gasteiger partial charge in [-0.25, -0.2) is 4.79 Å². The van der Waals surface area contributed by atoms with E-state index in [9.17, 15) is 19.2 Å². The first-order chi connectivity index (χ1) is 16.9. The summed E-state index contributed by atoms with van der Waals surface area (Å²) in [5.41, 5.74) is 6.38. The SMILES string of the molecule is CCC(C)(C)N(C(=O)C(CCC(N)=O)NC(=O)OC(C)(C)C)C(C(=O)NC(C)C)c1ccc(C)cc1C. The lowest BCUT2D eigenvalue weighted by molar-refractivity contribution is -0.149. The molecule has 0 saturated heterocycles. The molecule has 0 spiro atoms. The van der Waals surface area contributed by atoms with Crippen LogP contribution in [0.4, 0.5) is 4.79 Å². The van der Waals surface area contributed by atoms with Gasteiger partial charge in [-0.2, -0.15) is 0 Å². The van der Waals surface area contributed by atoms with Crippen LogP contribution in [-0.4, -0.2) is 51.9 Å². The lowest BCUT2D eigenvalue weighted by Crippen LogP contribution is -2.59. The molecule has 0 heterocycles. The first kappa shape index (κ1) is 31.9. The smallest absolute Gasteiger partial charge is 0.408 e. The number of amides is 4. The van der Waals surface area contributed by atoms with Gasteiger partial charge in [-0.05, 0) is 86.3 Å². The van der Waals surface area contributed by atoms with Crippen LogP contribution < -0.4 is 16.4 Å². The number of nitrogens with two attached hydrogens (primary N) is 1. The lowest BCUT2D eigenvalue weighted by Gasteiger charge is -2.45. The van der Waals surface area contributed by atoms with Crippen LogP contribution >= 0.6 is 0 Å². The van der Waals surface area contributed by atoms with E-state index >= 15 is 0 Å². The molecule has 4 N–H and O–H groups in total. The molecule has 37 heavy (non-hydrogen) atoms. The first-order valence-electron chi connectivity index (χ1n) is 12.9. The molecule has 0 saturated carbocycles. The maximum absolute atomic E-state index is 14.3. The number of hydrogen-bond acceptors (Lipinski definition) is 5. The van der Waals surface area contributed by atoms with E-state index in [0.29, 0.717) is 12.0 Å². The third kappa shape index (κ3) is 9.70. The zero-order valence-electron chi connectivity index (χ0n) is 24.2. The maximum Gasteiger partial charge on any atom is 0.408 e. The summed E-state index contributed by atoms with van der Waals surface area (Å²) in [5, 5.41) is 5.58. The number of ether oxygens (including phenoxy) is 1. The minimum atomic E-state index is -1.13. The van der Waals surface area contributed by atoms with Gasteiger partial charge in [0.05, 0.1) is 0 Å². The van der Waals surface area contributed by atoms with Gasteiger partial charge in [0.1, 0.15) is 17.7 Å². The van der Waals surface area contributed by atoms with Crippen molar-refractivity contribution >= 4 is 23.8 Å². The van der Waals surface area contributed by atoms with Crippen LogP contribution in [0.15, 0.2) is 18.2 Å². The Balaban J connectivity index is 3.71. The molecule has 0 fully saturated rings. The standard InChI is InChI=1S/C28H46N4O5/c1-11-28(9,10)32(23(24(34)30-17(2)3)20-13-12-18(4)16-19(20)5)25(35)21(14-15-22(29)33)31-26(36)37-27(6,7)8/h12-13,16-17,21,23H,11,14-15H2,1-10H3,(H2,29,33)(H,30,34)(H,31,36). The average molecular weight is 519 g/mol. The molecule has 2 unspecified atom stereocenters. The van der Waals surface area contributed by atoms with Crippen LogP contribution in [0.5, 0.6) is 0 Å². The Labute approximate surface area is 221 Å². The van der Waals surface area contributed by atoms with Gasteiger partial charge < -0.3 is 26.0 Å². The fraction of sp³-hybridized carbons (Fsp3) is 0.643. The highest BCUT2D eigenvalue weighted by Gasteiger charge is 2.43. The van der Waals surface area contributed by atoms with Gasteiger partial charge >= 0.3 is 6.09 Å². The normalized spacial score (nSPS) is 13.5. The van der Waals surface area contributed by atoms with E-state index in [2.05, 4.69) is 10.6 Å². The fourth-order valence-electron chi connectivity index (χ4n) is 4.00. The highest BCUT2D eigenvalue weighted by molar-refractivity contribution is 5.93. The van der Waals surface area contributed by atoms with Crippen LogP contribution in [-0.2, 0) is 19.1 Å². The van der Waals surface area contributed by atoms with E-state index in [4.69, 9.17) is 10.5 Å². The Kier molecular flexibility index (Phi) is 11.2. The maximum atomic E-state index is 14.3. The minimum Gasteiger partial charge on any atom is -0.444 e. The van der Waals surface area contributed by atoms with Gasteiger partial charge in [0.15, 0.2) is 0 Å². The zero-order chi connectivity index (χ0) is 28.7. The molecular weight excluding hydrogens is 472 g/mol. The molecule has 9 nitrogen and oxygen atoms in total. The Hall–Kier alpha value is -3.10. The summed E-state index contributed by atoms with van der Waals surface area (Å²) in [7, 11) is 0. The van der Waals surface area contributed by atoms with Crippen molar-refractivity contribution in [3.05, 3.63) is 34.9 Å². The number of alkyl carbamates (subject to hydrolysis) is 1. The van der Waals surface area contributed by atoms with Crippen LogP contribution in [0.1, 0.15) is 97.4 Å². The molecule has 0 radical (unpaired) electrons. The Morgan fingerprint density at radius 3 is 2.08 bits per heavy atom. The Bertz CT molecular complexity index is 981. The van der Waals surface area contributed by atoms with Gasteiger partial charge in [-0.15, -0.1) is 0 Å². The van der Waals surface area contributed by atoms with Crippen molar-refractivity contribution in [3.63, 3.8) is 0 Å². The summed E-state index contributed by atoms with van der Waals surface area (Å²) >= 11 is 0. The van der Waals surface area contributed by atoms with Crippen molar-refractivity contribution < 1.29 is 23.9 Å². The van der Waals surface area contributed by atoms with Gasteiger partial charge in [-0.3, -0.25) is 14.4 Å². The highest BCUT2D eigenvalue weighted by Crippen LogP contribution is 2.34. The van der Waals surface area contributed by atoms with E-state index in [-0.39, 0.29) is 24.8 Å². The van der Waals surface area contributed by atoms with Crippen molar-refractivity contribution in [1.82, 2.24) is 15.5 Å². The lowest BCUT2D eigenvalue weighted by atomic mass is 9.89. The number of rotatable bonds is 11. The second-order valence-corrected chi connectivity index (χ2v) is 11.5. The van der Waals surface area contributed by atoms with Gasteiger partial charge in [-0.1, -0.05) is 30.7 Å². The summed E-state index contributed by atoms with van der Waals surface area (Å²) in [6.07, 6.45) is -0.419. The molecule has 1 aromatic rings. The third-order valence-electron chi connectivity index (χ3n) is 6.08.